The van der Waals surface area contributed by atoms with Gasteiger partial charge in [-0.2, -0.15) is 0 Å². The molecule has 0 saturated carbocycles. The number of benzene rings is 7. The summed E-state index contributed by atoms with van der Waals surface area (Å²) in [5.41, 5.74) is 13.6. The van der Waals surface area contributed by atoms with Crippen LogP contribution in [-0.2, 0) is 0 Å². The van der Waals surface area contributed by atoms with Crippen molar-refractivity contribution in [3.05, 3.63) is 168 Å². The first kappa shape index (κ1) is 24.9. The van der Waals surface area contributed by atoms with E-state index in [0.29, 0.717) is 0 Å². The third-order valence-corrected chi connectivity index (χ3v) is 10.8. The summed E-state index contributed by atoms with van der Waals surface area (Å²) in [5.74, 6) is 0.110. The van der Waals surface area contributed by atoms with Gasteiger partial charge in [-0.15, -0.1) is 11.3 Å². The molecule has 0 fully saturated rings. The first-order chi connectivity index (χ1) is 22.3. The molecular formula is C43H26OS. The molecule has 0 unspecified atom stereocenters. The Labute approximate surface area is 264 Å². The van der Waals surface area contributed by atoms with E-state index >= 15 is 0 Å². The van der Waals surface area contributed by atoms with Crippen LogP contribution in [0.25, 0.3) is 75.5 Å². The summed E-state index contributed by atoms with van der Waals surface area (Å²) in [6, 6.07) is 55.3. The van der Waals surface area contributed by atoms with Gasteiger partial charge in [-0.1, -0.05) is 121 Å². The fourth-order valence-electron chi connectivity index (χ4n) is 7.51. The molecule has 1 nitrogen and oxygen atoms in total. The van der Waals surface area contributed by atoms with Crippen LogP contribution in [0.15, 0.2) is 156 Å². The second-order valence-corrected chi connectivity index (χ2v) is 13.1. The minimum atomic E-state index is 0.110. The lowest BCUT2D eigenvalue weighted by atomic mass is 9.86. The molecule has 0 saturated heterocycles. The molecule has 45 heavy (non-hydrogen) atoms. The zero-order chi connectivity index (χ0) is 29.5. The Balaban J connectivity index is 1.30. The minimum absolute atomic E-state index is 0.110. The van der Waals surface area contributed by atoms with Crippen LogP contribution in [0, 0.1) is 0 Å². The largest absolute Gasteiger partial charge is 0.455 e. The lowest BCUT2D eigenvalue weighted by molar-refractivity contribution is 0.673. The summed E-state index contributed by atoms with van der Waals surface area (Å²) in [7, 11) is 0. The number of hydrogen-bond donors (Lipinski definition) is 0. The first-order valence-corrected chi connectivity index (χ1v) is 16.3. The number of para-hydroxylation sites is 1. The first-order valence-electron chi connectivity index (χ1n) is 15.5. The van der Waals surface area contributed by atoms with Crippen molar-refractivity contribution in [2.75, 3.05) is 0 Å². The van der Waals surface area contributed by atoms with Crippen LogP contribution in [0.5, 0.6) is 0 Å². The Morgan fingerprint density at radius 1 is 0.444 bits per heavy atom. The number of rotatable bonds is 3. The second-order valence-electron chi connectivity index (χ2n) is 12.0. The van der Waals surface area contributed by atoms with E-state index in [2.05, 4.69) is 152 Å². The average Bonchev–Trinajstić information content (AvgIpc) is 3.78. The van der Waals surface area contributed by atoms with Crippen LogP contribution in [0.3, 0.4) is 0 Å². The molecule has 2 aromatic heterocycles. The monoisotopic (exact) mass is 590 g/mol. The van der Waals surface area contributed by atoms with E-state index < -0.39 is 0 Å². The van der Waals surface area contributed by atoms with E-state index in [1.807, 2.05) is 11.3 Å². The molecule has 7 aromatic carbocycles. The lowest BCUT2D eigenvalue weighted by Gasteiger charge is -2.17. The molecule has 0 amide bonds. The van der Waals surface area contributed by atoms with E-state index in [1.54, 1.807) is 0 Å². The molecule has 210 valence electrons. The zero-order valence-electron chi connectivity index (χ0n) is 24.3. The molecule has 0 bridgehead atoms. The van der Waals surface area contributed by atoms with Gasteiger partial charge in [0.15, 0.2) is 0 Å². The molecule has 2 heterocycles. The highest BCUT2D eigenvalue weighted by Crippen LogP contribution is 2.54. The molecule has 0 N–H and O–H groups in total. The van der Waals surface area contributed by atoms with E-state index in [9.17, 15) is 0 Å². The fraction of sp³-hybridized carbons (Fsp3) is 0.0233. The van der Waals surface area contributed by atoms with Crippen molar-refractivity contribution in [3.63, 3.8) is 0 Å². The Morgan fingerprint density at radius 2 is 1.02 bits per heavy atom. The SMILES string of the molecule is c1ccc(-c2ccc3c(c2)-c2cc(-c4ccccc4)ccc2C3c2cc3c4ccccc4oc3c3c2sc2ccccc23)cc1. The van der Waals surface area contributed by atoms with Crippen LogP contribution >= 0.6 is 11.3 Å². The molecule has 1 aliphatic carbocycles. The Morgan fingerprint density at radius 3 is 1.69 bits per heavy atom. The highest BCUT2D eigenvalue weighted by Gasteiger charge is 2.33. The van der Waals surface area contributed by atoms with E-state index in [0.717, 1.165) is 11.2 Å². The summed E-state index contributed by atoms with van der Waals surface area (Å²) >= 11 is 1.89. The number of thiophene rings is 1. The van der Waals surface area contributed by atoms with Gasteiger partial charge in [0.2, 0.25) is 0 Å². The van der Waals surface area contributed by atoms with Gasteiger partial charge in [-0.05, 0) is 80.4 Å². The Bertz CT molecular complexity index is 2500. The van der Waals surface area contributed by atoms with Gasteiger partial charge >= 0.3 is 0 Å². The van der Waals surface area contributed by atoms with Gasteiger partial charge in [0.1, 0.15) is 11.2 Å². The standard InChI is InChI=1S/C43H26OS/c1-3-11-26(12-4-1)28-19-21-31-34(23-28)35-24-29(27-13-5-2-6-14-27)20-22-32(35)40(31)37-25-36-30-15-7-9-17-38(30)44-42(36)41-33-16-8-10-18-39(33)45-43(37)41/h1-25,40H. The predicted octanol–water partition coefficient (Wildman–Crippen LogP) is 12.4. The van der Waals surface area contributed by atoms with Crippen LogP contribution in [0.4, 0.5) is 0 Å². The maximum Gasteiger partial charge on any atom is 0.144 e. The van der Waals surface area contributed by atoms with Gasteiger partial charge in [0.05, 0.1) is 0 Å². The number of fused-ring (bicyclic) bond motifs is 10. The minimum Gasteiger partial charge on any atom is -0.455 e. The normalized spacial score (nSPS) is 12.8. The van der Waals surface area contributed by atoms with E-state index in [4.69, 9.17) is 4.42 Å². The summed E-state index contributed by atoms with van der Waals surface area (Å²) in [4.78, 5) is 0. The molecule has 0 atom stereocenters. The van der Waals surface area contributed by atoms with Crippen molar-refractivity contribution in [1.29, 1.82) is 0 Å². The van der Waals surface area contributed by atoms with Crippen LogP contribution in [0.2, 0.25) is 0 Å². The molecule has 0 spiro atoms. The number of furan rings is 1. The highest BCUT2D eigenvalue weighted by atomic mass is 32.1. The molecule has 1 aliphatic rings. The maximum absolute atomic E-state index is 6.62. The topological polar surface area (TPSA) is 13.1 Å². The van der Waals surface area contributed by atoms with Gasteiger partial charge in [-0.25, -0.2) is 0 Å². The van der Waals surface area contributed by atoms with Gasteiger partial charge in [0, 0.05) is 36.9 Å². The van der Waals surface area contributed by atoms with Crippen molar-refractivity contribution in [2.45, 2.75) is 5.92 Å². The molecule has 9 aromatic rings. The summed E-state index contributed by atoms with van der Waals surface area (Å²) < 4.78 is 9.23. The van der Waals surface area contributed by atoms with Crippen LogP contribution in [-0.4, -0.2) is 0 Å². The van der Waals surface area contributed by atoms with Crippen molar-refractivity contribution in [3.8, 4) is 33.4 Å². The van der Waals surface area contributed by atoms with Crippen molar-refractivity contribution in [1.82, 2.24) is 0 Å². The quantitative estimate of drug-likeness (QED) is 0.199. The van der Waals surface area contributed by atoms with Gasteiger partial charge in [0.25, 0.3) is 0 Å². The second kappa shape index (κ2) is 9.53. The average molecular weight is 591 g/mol. The summed E-state index contributed by atoms with van der Waals surface area (Å²) in [6.45, 7) is 0. The third-order valence-electron chi connectivity index (χ3n) is 9.56. The van der Waals surface area contributed by atoms with Crippen molar-refractivity contribution >= 4 is 53.4 Å². The molecule has 0 radical (unpaired) electrons. The smallest absolute Gasteiger partial charge is 0.144 e. The van der Waals surface area contributed by atoms with Crippen molar-refractivity contribution in [2.24, 2.45) is 0 Å². The Hall–Kier alpha value is -5.44. The summed E-state index contributed by atoms with van der Waals surface area (Å²) in [6.07, 6.45) is 0. The van der Waals surface area contributed by atoms with Gasteiger partial charge in [-0.3, -0.25) is 0 Å². The predicted molar refractivity (Wildman–Crippen MR) is 190 cm³/mol. The van der Waals surface area contributed by atoms with E-state index in [-0.39, 0.29) is 5.92 Å². The number of hydrogen-bond acceptors (Lipinski definition) is 2. The lowest BCUT2D eigenvalue weighted by Crippen LogP contribution is -2.00. The highest BCUT2D eigenvalue weighted by molar-refractivity contribution is 7.26. The molecule has 2 heteroatoms. The van der Waals surface area contributed by atoms with Gasteiger partial charge < -0.3 is 4.42 Å². The van der Waals surface area contributed by atoms with Crippen molar-refractivity contribution < 1.29 is 4.42 Å². The van der Waals surface area contributed by atoms with Crippen LogP contribution < -0.4 is 0 Å². The Kier molecular flexibility index (Phi) is 5.28. The molecular weight excluding hydrogens is 565 g/mol. The fourth-order valence-corrected chi connectivity index (χ4v) is 8.76. The van der Waals surface area contributed by atoms with E-state index in [1.165, 1.54) is 81.0 Å². The molecule has 10 rings (SSSR count). The molecule has 0 aliphatic heterocycles. The summed E-state index contributed by atoms with van der Waals surface area (Å²) in [5, 5.41) is 4.86. The maximum atomic E-state index is 6.62. The third kappa shape index (κ3) is 3.67. The van der Waals surface area contributed by atoms with Crippen LogP contribution in [0.1, 0.15) is 22.6 Å². The zero-order valence-corrected chi connectivity index (χ0v) is 25.1.